The van der Waals surface area contributed by atoms with E-state index in [0.717, 1.165) is 20.7 Å². The summed E-state index contributed by atoms with van der Waals surface area (Å²) < 4.78 is 0.921. The highest BCUT2D eigenvalue weighted by Gasteiger charge is 2.41. The molecule has 1 aliphatic rings. The van der Waals surface area contributed by atoms with E-state index >= 15 is 0 Å². The second-order valence-corrected chi connectivity index (χ2v) is 6.34. The molecule has 0 aliphatic carbocycles. The Morgan fingerprint density at radius 1 is 1.18 bits per heavy atom. The Hall–Kier alpha value is -1.69. The number of carbonyl (C=O) groups excluding carboxylic acids is 1. The summed E-state index contributed by atoms with van der Waals surface area (Å²) in [4.78, 5) is 14.0. The first-order valence-corrected chi connectivity index (χ1v) is 7.94. The molecule has 1 saturated heterocycles. The molecule has 3 rings (SSSR count). The van der Waals surface area contributed by atoms with E-state index in [0.29, 0.717) is 0 Å². The molecular formula is C17H17BrN2O2. The van der Waals surface area contributed by atoms with Crippen LogP contribution in [-0.2, 0) is 4.79 Å². The summed E-state index contributed by atoms with van der Waals surface area (Å²) in [5.41, 5.74) is 2.00. The van der Waals surface area contributed by atoms with Crippen LogP contribution in [0.3, 0.4) is 0 Å². The summed E-state index contributed by atoms with van der Waals surface area (Å²) in [7, 11) is 0. The smallest absolute Gasteiger partial charge is 0.262 e. The Labute approximate surface area is 138 Å². The van der Waals surface area contributed by atoms with Crippen LogP contribution in [0, 0.1) is 0 Å². The average molecular weight is 361 g/mol. The fraction of sp³-hybridized carbons (Fsp3) is 0.235. The largest absolute Gasteiger partial charge is 0.284 e. The standard InChI is InChI=1S/C17H17BrN2O2/c1-12(13-6-3-2-4-7-13)19-11-16(21)20(22)17(19)14-8-5-9-15(18)10-14/h2-10,12,17,22H,11H2,1H3/t12-,17?/m0/s1. The topological polar surface area (TPSA) is 43.8 Å². The lowest BCUT2D eigenvalue weighted by atomic mass is 10.1. The molecule has 1 aliphatic heterocycles. The second-order valence-electron chi connectivity index (χ2n) is 5.43. The van der Waals surface area contributed by atoms with E-state index in [2.05, 4.69) is 15.9 Å². The van der Waals surface area contributed by atoms with E-state index in [1.807, 2.05) is 66.4 Å². The van der Waals surface area contributed by atoms with Gasteiger partial charge in [0.05, 0.1) is 6.54 Å². The summed E-state index contributed by atoms with van der Waals surface area (Å²) in [6.45, 7) is 2.25. The van der Waals surface area contributed by atoms with E-state index in [1.54, 1.807) is 0 Å². The van der Waals surface area contributed by atoms with E-state index in [4.69, 9.17) is 0 Å². The summed E-state index contributed by atoms with van der Waals surface area (Å²) >= 11 is 3.44. The van der Waals surface area contributed by atoms with Crippen molar-refractivity contribution in [2.45, 2.75) is 19.1 Å². The molecule has 1 unspecified atom stereocenters. The minimum absolute atomic E-state index is 0.0197. The number of hydrogen-bond donors (Lipinski definition) is 1. The number of benzene rings is 2. The minimum atomic E-state index is -0.472. The lowest BCUT2D eigenvalue weighted by Crippen LogP contribution is -2.31. The zero-order chi connectivity index (χ0) is 15.7. The molecule has 1 N–H and O–H groups in total. The van der Waals surface area contributed by atoms with Gasteiger partial charge in [-0.15, -0.1) is 0 Å². The van der Waals surface area contributed by atoms with Crippen molar-refractivity contribution in [2.24, 2.45) is 0 Å². The van der Waals surface area contributed by atoms with Gasteiger partial charge in [0.25, 0.3) is 5.91 Å². The molecule has 22 heavy (non-hydrogen) atoms. The number of amides is 1. The first kappa shape index (κ1) is 15.2. The maximum absolute atomic E-state index is 12.0. The molecule has 1 amide bonds. The number of rotatable bonds is 3. The minimum Gasteiger partial charge on any atom is -0.284 e. The summed E-state index contributed by atoms with van der Waals surface area (Å²) in [6, 6.07) is 17.7. The van der Waals surface area contributed by atoms with Crippen molar-refractivity contribution in [3.05, 3.63) is 70.2 Å². The monoisotopic (exact) mass is 360 g/mol. The van der Waals surface area contributed by atoms with Crippen molar-refractivity contribution in [2.75, 3.05) is 6.54 Å². The normalized spacial score (nSPS) is 20.4. The van der Waals surface area contributed by atoms with Gasteiger partial charge in [0.1, 0.15) is 6.17 Å². The predicted molar refractivity (Wildman–Crippen MR) is 87.1 cm³/mol. The molecule has 0 radical (unpaired) electrons. The molecule has 2 aromatic carbocycles. The maximum Gasteiger partial charge on any atom is 0.262 e. The maximum atomic E-state index is 12.0. The van der Waals surface area contributed by atoms with Crippen molar-refractivity contribution in [3.63, 3.8) is 0 Å². The van der Waals surface area contributed by atoms with Crippen LogP contribution < -0.4 is 0 Å². The van der Waals surface area contributed by atoms with Crippen LogP contribution in [0.5, 0.6) is 0 Å². The average Bonchev–Trinajstić information content (AvgIpc) is 2.83. The van der Waals surface area contributed by atoms with Crippen LogP contribution in [0.25, 0.3) is 0 Å². The van der Waals surface area contributed by atoms with E-state index < -0.39 is 6.17 Å². The lowest BCUT2D eigenvalue weighted by molar-refractivity contribution is -0.171. The van der Waals surface area contributed by atoms with Crippen LogP contribution >= 0.6 is 15.9 Å². The first-order chi connectivity index (χ1) is 10.6. The Morgan fingerprint density at radius 2 is 1.91 bits per heavy atom. The SMILES string of the molecule is C[C@@H](c1ccccc1)N1CC(=O)N(O)C1c1cccc(Br)c1. The highest BCUT2D eigenvalue weighted by atomic mass is 79.9. The van der Waals surface area contributed by atoms with Gasteiger partial charge >= 0.3 is 0 Å². The lowest BCUT2D eigenvalue weighted by Gasteiger charge is -2.31. The highest BCUT2D eigenvalue weighted by Crippen LogP contribution is 2.36. The zero-order valence-electron chi connectivity index (χ0n) is 12.2. The molecule has 1 fully saturated rings. The second kappa shape index (κ2) is 6.20. The van der Waals surface area contributed by atoms with Crippen molar-refractivity contribution in [3.8, 4) is 0 Å². The van der Waals surface area contributed by atoms with Crippen molar-refractivity contribution < 1.29 is 10.0 Å². The van der Waals surface area contributed by atoms with Crippen molar-refractivity contribution >= 4 is 21.8 Å². The Bertz CT molecular complexity index is 677. The van der Waals surface area contributed by atoms with Crippen LogP contribution in [0.15, 0.2) is 59.1 Å². The molecule has 114 valence electrons. The molecule has 2 atom stereocenters. The molecule has 0 spiro atoms. The third kappa shape index (κ3) is 2.79. The Morgan fingerprint density at radius 3 is 2.59 bits per heavy atom. The number of hydrogen-bond acceptors (Lipinski definition) is 3. The van der Waals surface area contributed by atoms with E-state index in [9.17, 15) is 10.0 Å². The number of halogens is 1. The molecule has 0 aromatic heterocycles. The van der Waals surface area contributed by atoms with Gasteiger partial charge in [-0.1, -0.05) is 58.4 Å². The summed E-state index contributed by atoms with van der Waals surface area (Å²) in [5.74, 6) is -0.284. The summed E-state index contributed by atoms with van der Waals surface area (Å²) in [5, 5.41) is 11.0. The zero-order valence-corrected chi connectivity index (χ0v) is 13.8. The third-order valence-electron chi connectivity index (χ3n) is 4.05. The summed E-state index contributed by atoms with van der Waals surface area (Å²) in [6.07, 6.45) is -0.472. The van der Waals surface area contributed by atoms with E-state index in [1.165, 1.54) is 0 Å². The van der Waals surface area contributed by atoms with Crippen LogP contribution in [0.1, 0.15) is 30.3 Å². The molecule has 0 bridgehead atoms. The van der Waals surface area contributed by atoms with Crippen molar-refractivity contribution in [1.29, 1.82) is 0 Å². The van der Waals surface area contributed by atoms with Gasteiger partial charge in [0.2, 0.25) is 0 Å². The van der Waals surface area contributed by atoms with Gasteiger partial charge in [-0.2, -0.15) is 0 Å². The Balaban J connectivity index is 1.97. The molecule has 2 aromatic rings. The van der Waals surface area contributed by atoms with Gasteiger partial charge in [-0.05, 0) is 30.2 Å². The highest BCUT2D eigenvalue weighted by molar-refractivity contribution is 9.10. The number of nitrogens with zero attached hydrogens (tertiary/aromatic N) is 2. The fourth-order valence-electron chi connectivity index (χ4n) is 2.86. The molecule has 0 saturated carbocycles. The van der Waals surface area contributed by atoms with Gasteiger partial charge in [0.15, 0.2) is 0 Å². The molecular weight excluding hydrogens is 344 g/mol. The van der Waals surface area contributed by atoms with Gasteiger partial charge in [-0.25, -0.2) is 5.06 Å². The fourth-order valence-corrected chi connectivity index (χ4v) is 3.28. The Kier molecular flexibility index (Phi) is 4.29. The number of hydroxylamine groups is 2. The number of carbonyl (C=O) groups is 1. The molecule has 1 heterocycles. The predicted octanol–water partition coefficient (Wildman–Crippen LogP) is 3.74. The van der Waals surface area contributed by atoms with Gasteiger partial charge in [-0.3, -0.25) is 14.9 Å². The first-order valence-electron chi connectivity index (χ1n) is 7.15. The molecule has 4 nitrogen and oxygen atoms in total. The third-order valence-corrected chi connectivity index (χ3v) is 4.54. The van der Waals surface area contributed by atoms with Crippen LogP contribution in [0.4, 0.5) is 0 Å². The van der Waals surface area contributed by atoms with Crippen molar-refractivity contribution in [1.82, 2.24) is 9.96 Å². The van der Waals surface area contributed by atoms with Gasteiger partial charge < -0.3 is 0 Å². The van der Waals surface area contributed by atoms with E-state index in [-0.39, 0.29) is 18.5 Å². The quantitative estimate of drug-likeness (QED) is 0.847. The van der Waals surface area contributed by atoms with Crippen LogP contribution in [-0.4, -0.2) is 27.6 Å². The van der Waals surface area contributed by atoms with Gasteiger partial charge in [0, 0.05) is 10.5 Å². The van der Waals surface area contributed by atoms with Crippen LogP contribution in [0.2, 0.25) is 0 Å². The molecule has 5 heteroatoms.